The smallest absolute Gasteiger partial charge is 0.352 e. The Balaban J connectivity index is 1.83. The van der Waals surface area contributed by atoms with E-state index in [-0.39, 0.29) is 25.4 Å². The molecule has 3 aromatic rings. The lowest BCUT2D eigenvalue weighted by molar-refractivity contribution is -0.149. The maximum Gasteiger partial charge on any atom is 0.352 e. The van der Waals surface area contributed by atoms with E-state index < -0.39 is 34.7 Å². The molecule has 12 heteroatoms. The van der Waals surface area contributed by atoms with E-state index in [4.69, 9.17) is 18.9 Å². The van der Waals surface area contributed by atoms with Crippen molar-refractivity contribution in [2.45, 2.75) is 26.3 Å². The van der Waals surface area contributed by atoms with Gasteiger partial charge in [0.25, 0.3) is 11.5 Å². The van der Waals surface area contributed by atoms with E-state index in [0.29, 0.717) is 42.2 Å². The Morgan fingerprint density at radius 1 is 1.00 bits per heavy atom. The van der Waals surface area contributed by atoms with Crippen LogP contribution in [0.2, 0.25) is 0 Å². The van der Waals surface area contributed by atoms with Crippen LogP contribution in [-0.2, 0) is 16.1 Å². The van der Waals surface area contributed by atoms with Crippen molar-refractivity contribution in [2.24, 2.45) is 5.92 Å². The predicted molar refractivity (Wildman–Crippen MR) is 145 cm³/mol. The van der Waals surface area contributed by atoms with Gasteiger partial charge in [0.15, 0.2) is 11.5 Å². The Kier molecular flexibility index (Phi) is 8.87. The van der Waals surface area contributed by atoms with Crippen molar-refractivity contribution in [1.82, 2.24) is 19.2 Å². The summed E-state index contributed by atoms with van der Waals surface area (Å²) in [6, 6.07) is 11.6. The van der Waals surface area contributed by atoms with Crippen LogP contribution < -0.4 is 25.5 Å². The molecule has 0 N–H and O–H groups in total. The van der Waals surface area contributed by atoms with Crippen molar-refractivity contribution in [3.63, 3.8) is 0 Å². The second-order valence-corrected chi connectivity index (χ2v) is 9.17. The number of benzene rings is 2. The Morgan fingerprint density at radius 2 is 1.77 bits per heavy atom. The van der Waals surface area contributed by atoms with Gasteiger partial charge in [0.2, 0.25) is 5.69 Å². The summed E-state index contributed by atoms with van der Waals surface area (Å²) in [6.07, 6.45) is 1.13. The summed E-state index contributed by atoms with van der Waals surface area (Å²) in [7, 11) is 4.45. The molecule has 40 heavy (non-hydrogen) atoms. The van der Waals surface area contributed by atoms with Crippen LogP contribution in [0.25, 0.3) is 5.69 Å². The maximum atomic E-state index is 13.7. The molecule has 0 spiro atoms. The summed E-state index contributed by atoms with van der Waals surface area (Å²) in [4.78, 5) is 54.7. The first-order valence-electron chi connectivity index (χ1n) is 12.9. The van der Waals surface area contributed by atoms with E-state index in [9.17, 15) is 19.2 Å². The topological polar surface area (TPSA) is 131 Å². The van der Waals surface area contributed by atoms with Crippen LogP contribution in [0, 0.1) is 5.92 Å². The molecule has 0 bridgehead atoms. The third-order valence-corrected chi connectivity index (χ3v) is 6.68. The van der Waals surface area contributed by atoms with Gasteiger partial charge in [0.05, 0.1) is 46.1 Å². The number of carbonyl (C=O) groups is 2. The summed E-state index contributed by atoms with van der Waals surface area (Å²) in [5.74, 6) is -0.256. The van der Waals surface area contributed by atoms with E-state index in [0.717, 1.165) is 9.25 Å². The number of hydrogen-bond donors (Lipinski definition) is 0. The van der Waals surface area contributed by atoms with Gasteiger partial charge in [-0.2, -0.15) is 9.78 Å². The first-order valence-corrected chi connectivity index (χ1v) is 12.9. The monoisotopic (exact) mass is 552 g/mol. The number of likely N-dealkylation sites (tertiary alicyclic amines) is 1. The summed E-state index contributed by atoms with van der Waals surface area (Å²) >= 11 is 0. The largest absolute Gasteiger partial charge is 0.497 e. The van der Waals surface area contributed by atoms with Gasteiger partial charge in [0, 0.05) is 19.2 Å². The van der Waals surface area contributed by atoms with Crippen LogP contribution in [0.1, 0.15) is 35.8 Å². The number of rotatable bonds is 9. The molecular formula is C28H32N4O8. The molecule has 1 aromatic heterocycles. The molecule has 4 rings (SSSR count). The number of carbonyl (C=O) groups excluding carboxylic acids is 2. The molecule has 0 unspecified atom stereocenters. The fraction of sp³-hybridized carbons (Fsp3) is 0.393. The van der Waals surface area contributed by atoms with E-state index in [1.165, 1.54) is 32.3 Å². The minimum atomic E-state index is -0.840. The van der Waals surface area contributed by atoms with Crippen molar-refractivity contribution in [3.05, 3.63) is 74.6 Å². The lowest BCUT2D eigenvalue weighted by Crippen LogP contribution is -2.49. The number of hydrogen-bond acceptors (Lipinski definition) is 9. The third kappa shape index (κ3) is 5.85. The standard InChI is InChI=1S/C28H32N4O8/c1-5-40-27(35)19-9-7-13-30(17-19)25(33)24-26(34)31(16-18-8-6-10-21(14-18)37-2)28(36)32(29-24)20-11-12-22(38-3)23(15-20)39-4/h6,8,10-12,14-15,19H,5,7,9,13,16-17H2,1-4H3/t19-/m1/s1. The highest BCUT2D eigenvalue weighted by atomic mass is 16.5. The molecular weight excluding hydrogens is 520 g/mol. The molecule has 0 saturated carbocycles. The molecule has 12 nitrogen and oxygen atoms in total. The van der Waals surface area contributed by atoms with E-state index in [2.05, 4.69) is 5.10 Å². The molecule has 0 aliphatic carbocycles. The number of aromatic nitrogens is 3. The Labute approximate surface area is 230 Å². The average molecular weight is 553 g/mol. The highest BCUT2D eigenvalue weighted by Gasteiger charge is 2.32. The van der Waals surface area contributed by atoms with Gasteiger partial charge in [-0.25, -0.2) is 4.79 Å². The van der Waals surface area contributed by atoms with Crippen molar-refractivity contribution in [3.8, 4) is 22.9 Å². The van der Waals surface area contributed by atoms with Gasteiger partial charge in [-0.05, 0) is 49.6 Å². The molecule has 1 saturated heterocycles. The zero-order valence-corrected chi connectivity index (χ0v) is 22.9. The number of amides is 1. The molecule has 2 aromatic carbocycles. The predicted octanol–water partition coefficient (Wildman–Crippen LogP) is 1.88. The van der Waals surface area contributed by atoms with E-state index in [1.54, 1.807) is 43.3 Å². The van der Waals surface area contributed by atoms with Gasteiger partial charge >= 0.3 is 11.7 Å². The van der Waals surface area contributed by atoms with Crippen LogP contribution in [0.5, 0.6) is 17.2 Å². The van der Waals surface area contributed by atoms with Crippen molar-refractivity contribution < 1.29 is 28.5 Å². The summed E-state index contributed by atoms with van der Waals surface area (Å²) in [5.41, 5.74) is -1.16. The molecule has 1 aliphatic heterocycles. The first-order chi connectivity index (χ1) is 19.3. The highest BCUT2D eigenvalue weighted by Crippen LogP contribution is 2.28. The third-order valence-electron chi connectivity index (χ3n) is 6.68. The lowest BCUT2D eigenvalue weighted by Gasteiger charge is -2.31. The molecule has 1 fully saturated rings. The van der Waals surface area contributed by atoms with E-state index in [1.807, 2.05) is 0 Å². The normalized spacial score (nSPS) is 14.9. The van der Waals surface area contributed by atoms with Crippen molar-refractivity contribution >= 4 is 11.9 Å². The Morgan fingerprint density at radius 3 is 2.48 bits per heavy atom. The second kappa shape index (κ2) is 12.5. The maximum absolute atomic E-state index is 13.7. The summed E-state index contributed by atoms with van der Waals surface area (Å²) in [5, 5.41) is 4.23. The zero-order valence-electron chi connectivity index (χ0n) is 22.9. The fourth-order valence-electron chi connectivity index (χ4n) is 4.63. The second-order valence-electron chi connectivity index (χ2n) is 9.17. The summed E-state index contributed by atoms with van der Waals surface area (Å²) < 4.78 is 23.0. The summed E-state index contributed by atoms with van der Waals surface area (Å²) in [6.45, 7) is 2.24. The minimum absolute atomic E-state index is 0.0875. The average Bonchev–Trinajstić information content (AvgIpc) is 2.99. The Hall–Kier alpha value is -4.61. The highest BCUT2D eigenvalue weighted by molar-refractivity contribution is 5.92. The number of methoxy groups -OCH3 is 3. The Bertz CT molecular complexity index is 1510. The molecule has 212 valence electrons. The molecule has 2 heterocycles. The lowest BCUT2D eigenvalue weighted by atomic mass is 9.98. The van der Waals surface area contributed by atoms with Crippen molar-refractivity contribution in [1.29, 1.82) is 0 Å². The quantitative estimate of drug-likeness (QED) is 0.365. The van der Waals surface area contributed by atoms with Crippen LogP contribution in [-0.4, -0.2) is 72.1 Å². The van der Waals surface area contributed by atoms with Crippen LogP contribution in [0.15, 0.2) is 52.1 Å². The number of esters is 1. The first kappa shape index (κ1) is 28.4. The van der Waals surface area contributed by atoms with Gasteiger partial charge in [-0.1, -0.05) is 12.1 Å². The minimum Gasteiger partial charge on any atom is -0.497 e. The van der Waals surface area contributed by atoms with Gasteiger partial charge in [-0.15, -0.1) is 0 Å². The van der Waals surface area contributed by atoms with Crippen molar-refractivity contribution in [2.75, 3.05) is 41.0 Å². The number of ether oxygens (including phenoxy) is 4. The van der Waals surface area contributed by atoms with Gasteiger partial charge < -0.3 is 23.8 Å². The molecule has 1 amide bonds. The molecule has 1 atom stereocenters. The van der Waals surface area contributed by atoms with Gasteiger partial charge in [0.1, 0.15) is 5.75 Å². The molecule has 1 aliphatic rings. The SMILES string of the molecule is CCOC(=O)[C@@H]1CCCN(C(=O)c2nn(-c3ccc(OC)c(OC)c3)c(=O)n(Cc3cccc(OC)c3)c2=O)C1. The van der Waals surface area contributed by atoms with E-state index >= 15 is 0 Å². The fourth-order valence-corrected chi connectivity index (χ4v) is 4.63. The number of piperidine rings is 1. The zero-order chi connectivity index (χ0) is 28.8. The van der Waals surface area contributed by atoms with Crippen LogP contribution >= 0.6 is 0 Å². The van der Waals surface area contributed by atoms with Crippen LogP contribution in [0.4, 0.5) is 0 Å². The van der Waals surface area contributed by atoms with Gasteiger partial charge in [-0.3, -0.25) is 19.0 Å². The number of nitrogens with zero attached hydrogens (tertiary/aromatic N) is 4. The van der Waals surface area contributed by atoms with Crippen LogP contribution in [0.3, 0.4) is 0 Å². The molecule has 0 radical (unpaired) electrons.